The van der Waals surface area contributed by atoms with Crippen LogP contribution in [0.15, 0.2) is 0 Å². The number of nitrogens with zero attached hydrogens (tertiary/aromatic N) is 1. The largest absolute Gasteiger partial charge is 0.346 e. The Balaban J connectivity index is 1.78. The molecule has 0 bridgehead atoms. The maximum Gasteiger partial charge on any atom is 0.110 e. The summed E-state index contributed by atoms with van der Waals surface area (Å²) in [7, 11) is 0. The Bertz CT molecular complexity index is 268. The fourth-order valence-electron chi connectivity index (χ4n) is 3.26. The molecule has 2 aliphatic rings. The molecular weight excluding hydrogens is 242 g/mol. The molecule has 2 aliphatic heterocycles. The van der Waals surface area contributed by atoms with E-state index < -0.39 is 0 Å². The van der Waals surface area contributed by atoms with E-state index in [1.165, 1.54) is 0 Å². The Kier molecular flexibility index (Phi) is 5.56. The van der Waals surface area contributed by atoms with Gasteiger partial charge in [-0.1, -0.05) is 0 Å². The van der Waals surface area contributed by atoms with E-state index in [4.69, 9.17) is 21.9 Å². The summed E-state index contributed by atoms with van der Waals surface area (Å²) in [6.07, 6.45) is 2.78. The van der Waals surface area contributed by atoms with Gasteiger partial charge >= 0.3 is 0 Å². The van der Waals surface area contributed by atoms with E-state index in [1.807, 2.05) is 6.92 Å². The monoisotopic (exact) mass is 271 g/mol. The molecule has 0 amide bonds. The zero-order chi connectivity index (χ0) is 13.8. The lowest BCUT2D eigenvalue weighted by Gasteiger charge is -2.43. The Morgan fingerprint density at radius 2 is 1.89 bits per heavy atom. The minimum Gasteiger partial charge on any atom is -0.346 e. The van der Waals surface area contributed by atoms with Gasteiger partial charge in [0.05, 0.1) is 0 Å². The first-order valence-corrected chi connectivity index (χ1v) is 7.45. The van der Waals surface area contributed by atoms with E-state index in [2.05, 4.69) is 10.2 Å². The molecule has 112 valence electrons. The van der Waals surface area contributed by atoms with Crippen LogP contribution in [-0.2, 0) is 4.74 Å². The van der Waals surface area contributed by atoms with Crippen LogP contribution in [-0.4, -0.2) is 55.6 Å². The van der Waals surface area contributed by atoms with E-state index in [0.29, 0.717) is 12.0 Å². The third-order valence-electron chi connectivity index (χ3n) is 4.37. The second-order valence-electron chi connectivity index (χ2n) is 5.90. The van der Waals surface area contributed by atoms with E-state index >= 15 is 0 Å². The van der Waals surface area contributed by atoms with Crippen LogP contribution in [0.25, 0.3) is 0 Å². The minimum atomic E-state index is -0.286. The summed E-state index contributed by atoms with van der Waals surface area (Å²) in [5, 5.41) is 3.35. The summed E-state index contributed by atoms with van der Waals surface area (Å²) in [6.45, 7) is 5.96. The van der Waals surface area contributed by atoms with Crippen molar-refractivity contribution >= 4 is 0 Å². The molecule has 4 unspecified atom stereocenters. The van der Waals surface area contributed by atoms with Crippen LogP contribution < -0.4 is 22.5 Å². The Hall–Kier alpha value is -0.240. The summed E-state index contributed by atoms with van der Waals surface area (Å²) in [5.74, 6) is 0.417. The van der Waals surface area contributed by atoms with Gasteiger partial charge in [-0.2, -0.15) is 0 Å². The first kappa shape index (κ1) is 15.2. The van der Waals surface area contributed by atoms with Gasteiger partial charge in [-0.15, -0.1) is 0 Å². The molecule has 6 nitrogen and oxygen atoms in total. The van der Waals surface area contributed by atoms with Gasteiger partial charge in [0.15, 0.2) is 0 Å². The van der Waals surface area contributed by atoms with Gasteiger partial charge in [0, 0.05) is 24.5 Å². The summed E-state index contributed by atoms with van der Waals surface area (Å²) >= 11 is 0. The summed E-state index contributed by atoms with van der Waals surface area (Å²) in [4.78, 5) is 2.53. The summed E-state index contributed by atoms with van der Waals surface area (Å²) in [6, 6.07) is 0.770. The van der Waals surface area contributed by atoms with Crippen molar-refractivity contribution in [3.05, 3.63) is 0 Å². The van der Waals surface area contributed by atoms with Crippen LogP contribution in [0, 0.1) is 5.92 Å². The first-order chi connectivity index (χ1) is 9.08. The lowest BCUT2D eigenvalue weighted by atomic mass is 9.91. The maximum atomic E-state index is 6.20. The SMILES string of the molecule is CC(N)OC(N)C1CCN(C2CCNCC2N)CC1. The van der Waals surface area contributed by atoms with Crippen molar-refractivity contribution < 1.29 is 4.74 Å². The van der Waals surface area contributed by atoms with Gasteiger partial charge in [0.1, 0.15) is 12.5 Å². The summed E-state index contributed by atoms with van der Waals surface area (Å²) < 4.78 is 5.49. The molecule has 0 spiro atoms. The zero-order valence-corrected chi connectivity index (χ0v) is 11.9. The fraction of sp³-hybridized carbons (Fsp3) is 1.00. The Morgan fingerprint density at radius 1 is 1.21 bits per heavy atom. The van der Waals surface area contributed by atoms with Crippen molar-refractivity contribution in [3.63, 3.8) is 0 Å². The first-order valence-electron chi connectivity index (χ1n) is 7.45. The average molecular weight is 271 g/mol. The molecule has 19 heavy (non-hydrogen) atoms. The van der Waals surface area contributed by atoms with Crippen LogP contribution in [0.3, 0.4) is 0 Å². The third-order valence-corrected chi connectivity index (χ3v) is 4.37. The van der Waals surface area contributed by atoms with Crippen molar-refractivity contribution in [2.45, 2.75) is 50.7 Å². The van der Waals surface area contributed by atoms with Crippen LogP contribution in [0.1, 0.15) is 26.2 Å². The lowest BCUT2D eigenvalue weighted by Crippen LogP contribution is -2.58. The van der Waals surface area contributed by atoms with E-state index in [1.54, 1.807) is 0 Å². The second kappa shape index (κ2) is 6.97. The molecule has 0 aliphatic carbocycles. The highest BCUT2D eigenvalue weighted by Crippen LogP contribution is 2.24. The highest BCUT2D eigenvalue weighted by molar-refractivity contribution is 4.90. The van der Waals surface area contributed by atoms with Crippen molar-refractivity contribution in [2.24, 2.45) is 23.1 Å². The number of hydrogen-bond donors (Lipinski definition) is 4. The molecule has 2 saturated heterocycles. The molecule has 2 rings (SSSR count). The van der Waals surface area contributed by atoms with Gasteiger partial charge in [-0.05, 0) is 45.8 Å². The molecule has 0 aromatic heterocycles. The summed E-state index contributed by atoms with van der Waals surface area (Å²) in [5.41, 5.74) is 17.9. The van der Waals surface area contributed by atoms with Crippen LogP contribution in [0.5, 0.6) is 0 Å². The van der Waals surface area contributed by atoms with Crippen molar-refractivity contribution in [1.82, 2.24) is 10.2 Å². The molecular formula is C13H29N5O. The highest BCUT2D eigenvalue weighted by atomic mass is 16.5. The smallest absolute Gasteiger partial charge is 0.110 e. The topological polar surface area (TPSA) is 103 Å². The molecule has 2 heterocycles. The highest BCUT2D eigenvalue weighted by Gasteiger charge is 2.32. The Labute approximate surface area is 116 Å². The predicted molar refractivity (Wildman–Crippen MR) is 76.3 cm³/mol. The molecule has 4 atom stereocenters. The van der Waals surface area contributed by atoms with Crippen LogP contribution in [0.2, 0.25) is 0 Å². The van der Waals surface area contributed by atoms with Gasteiger partial charge in [-0.25, -0.2) is 0 Å². The van der Waals surface area contributed by atoms with Crippen molar-refractivity contribution in [3.8, 4) is 0 Å². The van der Waals surface area contributed by atoms with Crippen LogP contribution >= 0.6 is 0 Å². The van der Waals surface area contributed by atoms with Gasteiger partial charge in [0.25, 0.3) is 0 Å². The quantitative estimate of drug-likeness (QED) is 0.489. The van der Waals surface area contributed by atoms with E-state index in [9.17, 15) is 0 Å². The molecule has 0 aromatic rings. The number of rotatable bonds is 4. The molecule has 7 N–H and O–H groups in total. The molecule has 6 heteroatoms. The molecule has 2 fully saturated rings. The number of nitrogens with two attached hydrogens (primary N) is 3. The van der Waals surface area contributed by atoms with Crippen molar-refractivity contribution in [2.75, 3.05) is 26.2 Å². The molecule has 0 aromatic carbocycles. The number of ether oxygens (including phenoxy) is 1. The third kappa shape index (κ3) is 4.11. The van der Waals surface area contributed by atoms with E-state index in [0.717, 1.165) is 45.4 Å². The fourth-order valence-corrected chi connectivity index (χ4v) is 3.26. The molecule has 0 saturated carbocycles. The predicted octanol–water partition coefficient (Wildman–Crippen LogP) is -1.01. The second-order valence-corrected chi connectivity index (χ2v) is 5.90. The number of piperidine rings is 2. The van der Waals surface area contributed by atoms with Gasteiger partial charge < -0.3 is 27.3 Å². The lowest BCUT2D eigenvalue weighted by molar-refractivity contribution is -0.0476. The zero-order valence-electron chi connectivity index (χ0n) is 11.9. The van der Waals surface area contributed by atoms with E-state index in [-0.39, 0.29) is 18.5 Å². The number of hydrogen-bond acceptors (Lipinski definition) is 6. The molecule has 0 radical (unpaired) electrons. The van der Waals surface area contributed by atoms with Gasteiger partial charge in [-0.3, -0.25) is 4.90 Å². The number of likely N-dealkylation sites (tertiary alicyclic amines) is 1. The number of nitrogens with one attached hydrogen (secondary N) is 1. The standard InChI is InChI=1S/C13H29N5O/c1-9(14)19-13(16)10-3-6-18(7-4-10)12-2-5-17-8-11(12)15/h9-13,17H,2-8,14-16H2,1H3. The van der Waals surface area contributed by atoms with Crippen LogP contribution in [0.4, 0.5) is 0 Å². The Morgan fingerprint density at radius 3 is 2.47 bits per heavy atom. The maximum absolute atomic E-state index is 6.20. The normalized spacial score (nSPS) is 34.1. The van der Waals surface area contributed by atoms with Gasteiger partial charge in [0.2, 0.25) is 0 Å². The van der Waals surface area contributed by atoms with Crippen molar-refractivity contribution in [1.29, 1.82) is 0 Å². The minimum absolute atomic E-state index is 0.233. The average Bonchev–Trinajstić information content (AvgIpc) is 2.39.